The number of aryl methyl sites for hydroxylation is 1. The van der Waals surface area contributed by atoms with Crippen molar-refractivity contribution in [1.82, 2.24) is 9.55 Å². The van der Waals surface area contributed by atoms with Gasteiger partial charge in [0.15, 0.2) is 0 Å². The average Bonchev–Trinajstić information content (AvgIpc) is 2.77. The van der Waals surface area contributed by atoms with Crippen LogP contribution in [0, 0.1) is 6.92 Å². The third-order valence-corrected chi connectivity index (χ3v) is 3.51. The second-order valence-electron chi connectivity index (χ2n) is 4.93. The van der Waals surface area contributed by atoms with Crippen molar-refractivity contribution < 1.29 is 13.2 Å². The van der Waals surface area contributed by atoms with E-state index < -0.39 is 11.7 Å². The maximum atomic E-state index is 13.1. The Bertz CT molecular complexity index is 631. The average molecular weight is 281 g/mol. The molecule has 6 heteroatoms. The summed E-state index contributed by atoms with van der Waals surface area (Å²) in [6.45, 7) is 2.45. The smallest absolute Gasteiger partial charge is 0.356 e. The molecule has 1 atom stereocenters. The van der Waals surface area contributed by atoms with E-state index >= 15 is 0 Å². The van der Waals surface area contributed by atoms with E-state index in [1.165, 1.54) is 6.07 Å². The molecule has 106 valence electrons. The fourth-order valence-corrected chi connectivity index (χ4v) is 2.70. The van der Waals surface area contributed by atoms with Gasteiger partial charge in [-0.3, -0.25) is 0 Å². The van der Waals surface area contributed by atoms with Gasteiger partial charge in [0.05, 0.1) is 17.3 Å². The zero-order valence-electron chi connectivity index (χ0n) is 10.9. The molecule has 2 aromatic rings. The molecule has 0 aliphatic carbocycles. The third-order valence-electron chi connectivity index (χ3n) is 3.51. The van der Waals surface area contributed by atoms with Crippen molar-refractivity contribution in [3.05, 3.63) is 47.3 Å². The standard InChI is InChI=1S/C14H14F3N3/c1-9-8-20-12(6-7-18-13(20)19-9)10-4-2-3-5-11(10)14(15,16)17/h2-5,8,12H,6-7H2,1H3,(H,18,19). The molecule has 0 saturated heterocycles. The number of fused-ring (bicyclic) bond motifs is 1. The number of alkyl halides is 3. The van der Waals surface area contributed by atoms with Gasteiger partial charge in [0, 0.05) is 12.7 Å². The number of benzene rings is 1. The Morgan fingerprint density at radius 1 is 1.30 bits per heavy atom. The molecule has 0 spiro atoms. The van der Waals surface area contributed by atoms with Gasteiger partial charge >= 0.3 is 6.18 Å². The Balaban J connectivity index is 2.11. The molecule has 20 heavy (non-hydrogen) atoms. The highest BCUT2D eigenvalue weighted by atomic mass is 19.4. The lowest BCUT2D eigenvalue weighted by atomic mass is 9.96. The number of anilines is 1. The minimum absolute atomic E-state index is 0.306. The number of hydrogen-bond acceptors (Lipinski definition) is 2. The first-order valence-electron chi connectivity index (χ1n) is 6.42. The highest BCUT2D eigenvalue weighted by Gasteiger charge is 2.36. The van der Waals surface area contributed by atoms with E-state index in [-0.39, 0.29) is 6.04 Å². The van der Waals surface area contributed by atoms with Gasteiger partial charge < -0.3 is 9.88 Å². The second-order valence-corrected chi connectivity index (χ2v) is 4.93. The second kappa shape index (κ2) is 4.54. The predicted octanol–water partition coefficient (Wildman–Crippen LogP) is 3.62. The van der Waals surface area contributed by atoms with Crippen LogP contribution in [-0.2, 0) is 6.18 Å². The molecule has 1 aliphatic rings. The van der Waals surface area contributed by atoms with Gasteiger partial charge in [0.25, 0.3) is 0 Å². The summed E-state index contributed by atoms with van der Waals surface area (Å²) in [5, 5.41) is 3.11. The molecule has 2 heterocycles. The largest absolute Gasteiger partial charge is 0.416 e. The lowest BCUT2D eigenvalue weighted by Crippen LogP contribution is -2.25. The molecule has 1 aromatic carbocycles. The molecule has 0 radical (unpaired) electrons. The number of imidazole rings is 1. The molecular formula is C14H14F3N3. The SMILES string of the molecule is Cc1cn2c(n1)NCCC2c1ccccc1C(F)(F)F. The lowest BCUT2D eigenvalue weighted by molar-refractivity contribution is -0.138. The van der Waals surface area contributed by atoms with Crippen molar-refractivity contribution in [2.45, 2.75) is 25.6 Å². The summed E-state index contributed by atoms with van der Waals surface area (Å²) in [6, 6.07) is 5.44. The van der Waals surface area contributed by atoms with Crippen molar-refractivity contribution >= 4 is 5.95 Å². The van der Waals surface area contributed by atoms with Crippen molar-refractivity contribution in [2.75, 3.05) is 11.9 Å². The summed E-state index contributed by atoms with van der Waals surface area (Å²) in [4.78, 5) is 4.29. The van der Waals surface area contributed by atoms with Crippen LogP contribution in [0.5, 0.6) is 0 Å². The quantitative estimate of drug-likeness (QED) is 0.865. The van der Waals surface area contributed by atoms with E-state index in [2.05, 4.69) is 10.3 Å². The number of halogens is 3. The van der Waals surface area contributed by atoms with Gasteiger partial charge in [-0.2, -0.15) is 13.2 Å². The molecule has 1 unspecified atom stereocenters. The van der Waals surface area contributed by atoms with Crippen LogP contribution in [0.2, 0.25) is 0 Å². The van der Waals surface area contributed by atoms with Gasteiger partial charge in [-0.1, -0.05) is 18.2 Å². The Morgan fingerprint density at radius 2 is 2.05 bits per heavy atom. The van der Waals surface area contributed by atoms with Crippen LogP contribution in [-0.4, -0.2) is 16.1 Å². The minimum Gasteiger partial charge on any atom is -0.356 e. The minimum atomic E-state index is -4.34. The Hall–Kier alpha value is -1.98. The van der Waals surface area contributed by atoms with E-state index in [1.54, 1.807) is 22.9 Å². The van der Waals surface area contributed by atoms with Crippen LogP contribution in [0.4, 0.5) is 19.1 Å². The number of nitrogens with zero attached hydrogens (tertiary/aromatic N) is 2. The summed E-state index contributed by atoms with van der Waals surface area (Å²) >= 11 is 0. The van der Waals surface area contributed by atoms with Crippen LogP contribution < -0.4 is 5.32 Å². The van der Waals surface area contributed by atoms with Gasteiger partial charge in [0.1, 0.15) is 0 Å². The Kier molecular flexibility index (Phi) is 2.96. The molecule has 0 amide bonds. The maximum absolute atomic E-state index is 13.1. The van der Waals surface area contributed by atoms with Crippen molar-refractivity contribution in [2.24, 2.45) is 0 Å². The Morgan fingerprint density at radius 3 is 2.80 bits per heavy atom. The number of rotatable bonds is 1. The van der Waals surface area contributed by atoms with E-state index in [0.717, 1.165) is 11.8 Å². The maximum Gasteiger partial charge on any atom is 0.416 e. The van der Waals surface area contributed by atoms with Crippen LogP contribution >= 0.6 is 0 Å². The van der Waals surface area contributed by atoms with Crippen LogP contribution in [0.15, 0.2) is 30.5 Å². The summed E-state index contributed by atoms with van der Waals surface area (Å²) in [6.07, 6.45) is -1.94. The predicted molar refractivity (Wildman–Crippen MR) is 69.7 cm³/mol. The van der Waals surface area contributed by atoms with E-state index in [0.29, 0.717) is 24.5 Å². The van der Waals surface area contributed by atoms with Gasteiger partial charge in [-0.15, -0.1) is 0 Å². The highest BCUT2D eigenvalue weighted by molar-refractivity contribution is 5.39. The van der Waals surface area contributed by atoms with Crippen molar-refractivity contribution in [3.63, 3.8) is 0 Å². The van der Waals surface area contributed by atoms with Gasteiger partial charge in [-0.05, 0) is 25.0 Å². The first-order valence-corrected chi connectivity index (χ1v) is 6.42. The zero-order chi connectivity index (χ0) is 14.3. The van der Waals surface area contributed by atoms with Crippen molar-refractivity contribution in [1.29, 1.82) is 0 Å². The summed E-state index contributed by atoms with van der Waals surface area (Å²) in [5.74, 6) is 0.635. The van der Waals surface area contributed by atoms with E-state index in [9.17, 15) is 13.2 Å². The van der Waals surface area contributed by atoms with Gasteiger partial charge in [0.2, 0.25) is 5.95 Å². The lowest BCUT2D eigenvalue weighted by Gasteiger charge is -2.28. The Labute approximate surface area is 114 Å². The molecule has 1 aliphatic heterocycles. The number of aromatic nitrogens is 2. The fraction of sp³-hybridized carbons (Fsp3) is 0.357. The van der Waals surface area contributed by atoms with E-state index in [1.807, 2.05) is 6.92 Å². The summed E-state index contributed by atoms with van der Waals surface area (Å²) in [7, 11) is 0. The first-order chi connectivity index (χ1) is 9.47. The molecule has 0 saturated carbocycles. The first kappa shape index (κ1) is 13.0. The third kappa shape index (κ3) is 2.15. The summed E-state index contributed by atoms with van der Waals surface area (Å²) in [5.41, 5.74) is 0.535. The van der Waals surface area contributed by atoms with Gasteiger partial charge in [-0.25, -0.2) is 4.98 Å². The number of hydrogen-bond donors (Lipinski definition) is 1. The summed E-state index contributed by atoms with van der Waals surface area (Å²) < 4.78 is 41.2. The monoisotopic (exact) mass is 281 g/mol. The molecular weight excluding hydrogens is 267 g/mol. The highest BCUT2D eigenvalue weighted by Crippen LogP contribution is 2.38. The molecule has 1 aromatic heterocycles. The van der Waals surface area contributed by atoms with E-state index in [4.69, 9.17) is 0 Å². The molecule has 0 fully saturated rings. The van der Waals surface area contributed by atoms with Crippen LogP contribution in [0.25, 0.3) is 0 Å². The molecule has 3 nitrogen and oxygen atoms in total. The molecule has 1 N–H and O–H groups in total. The zero-order valence-corrected chi connectivity index (χ0v) is 10.9. The fourth-order valence-electron chi connectivity index (χ4n) is 2.70. The van der Waals surface area contributed by atoms with Crippen LogP contribution in [0.3, 0.4) is 0 Å². The van der Waals surface area contributed by atoms with Crippen molar-refractivity contribution in [3.8, 4) is 0 Å². The normalized spacial score (nSPS) is 18.5. The molecule has 3 rings (SSSR count). The topological polar surface area (TPSA) is 29.9 Å². The molecule has 0 bridgehead atoms. The number of nitrogens with one attached hydrogen (secondary N) is 1. The van der Waals surface area contributed by atoms with Crippen LogP contribution in [0.1, 0.15) is 29.3 Å².